The number of hydrogen-bond donors (Lipinski definition) is 0. The molecule has 18 heavy (non-hydrogen) atoms. The van der Waals surface area contributed by atoms with Crippen molar-refractivity contribution in [3.8, 4) is 0 Å². The highest BCUT2D eigenvalue weighted by Crippen LogP contribution is 2.18. The predicted molar refractivity (Wildman–Crippen MR) is 60.0 cm³/mol. The van der Waals surface area contributed by atoms with Crippen molar-refractivity contribution in [3.05, 3.63) is 66.0 Å². The zero-order chi connectivity index (χ0) is 11.8. The summed E-state index contributed by atoms with van der Waals surface area (Å²) < 4.78 is 1.49. The van der Waals surface area contributed by atoms with E-state index in [1.807, 2.05) is 6.07 Å². The van der Waals surface area contributed by atoms with Gasteiger partial charge in [-0.05, 0) is 17.1 Å². The van der Waals surface area contributed by atoms with Crippen molar-refractivity contribution >= 4 is 11.8 Å². The van der Waals surface area contributed by atoms with Crippen LogP contribution in [0.1, 0.15) is 20.7 Å². The van der Waals surface area contributed by atoms with Crippen LogP contribution in [0, 0.1) is 0 Å². The second-order valence-electron chi connectivity index (χ2n) is 3.72. The molecule has 0 unspecified atom stereocenters. The average Bonchev–Trinajstić information content (AvgIpc) is 2.64. The van der Waals surface area contributed by atoms with Gasteiger partial charge in [0.1, 0.15) is 0 Å². The number of rotatable bonds is 1. The molecule has 1 aromatic carbocycles. The molecule has 0 atom stereocenters. The fourth-order valence-corrected chi connectivity index (χ4v) is 1.91. The number of fused-ring (bicyclic) bond motifs is 1. The van der Waals surface area contributed by atoms with Crippen LogP contribution in [-0.4, -0.2) is 11.8 Å². The molecule has 1 aromatic heterocycles. The number of imide groups is 1. The zero-order valence-corrected chi connectivity index (χ0v) is 10.9. The lowest BCUT2D eigenvalue weighted by atomic mass is 10.1. The molecule has 0 aliphatic carbocycles. The molecule has 0 fully saturated rings. The van der Waals surface area contributed by atoms with E-state index in [1.54, 1.807) is 48.8 Å². The van der Waals surface area contributed by atoms with E-state index >= 15 is 0 Å². The summed E-state index contributed by atoms with van der Waals surface area (Å²) in [6.45, 7) is 0. The van der Waals surface area contributed by atoms with Gasteiger partial charge >= 0.3 is 11.8 Å². The van der Waals surface area contributed by atoms with Crippen molar-refractivity contribution in [2.75, 3.05) is 5.01 Å². The Balaban J connectivity index is 0.00000120. The van der Waals surface area contributed by atoms with Gasteiger partial charge in [0.25, 0.3) is 0 Å². The Labute approximate surface area is 114 Å². The van der Waals surface area contributed by atoms with E-state index in [2.05, 4.69) is 0 Å². The Morgan fingerprint density at radius 1 is 0.778 bits per heavy atom. The van der Waals surface area contributed by atoms with E-state index < -0.39 is 0 Å². The van der Waals surface area contributed by atoms with Crippen LogP contribution in [0.2, 0.25) is 0 Å². The van der Waals surface area contributed by atoms with Crippen molar-refractivity contribution in [1.29, 1.82) is 0 Å². The Bertz CT molecular complexity index is 578. The minimum Gasteiger partial charge on any atom is -1.00 e. The van der Waals surface area contributed by atoms with Crippen molar-refractivity contribution in [3.63, 3.8) is 0 Å². The summed E-state index contributed by atoms with van der Waals surface area (Å²) >= 11 is 0. The van der Waals surface area contributed by atoms with E-state index in [-0.39, 0.29) is 28.8 Å². The van der Waals surface area contributed by atoms with Crippen LogP contribution < -0.4 is 26.7 Å². The maximum atomic E-state index is 12.1. The summed E-state index contributed by atoms with van der Waals surface area (Å²) in [6.07, 6.45) is 3.34. The van der Waals surface area contributed by atoms with Gasteiger partial charge in [-0.2, -0.15) is 0 Å². The van der Waals surface area contributed by atoms with Gasteiger partial charge in [-0.25, -0.2) is 0 Å². The Hall–Kier alpha value is -2.01. The van der Waals surface area contributed by atoms with Gasteiger partial charge in [0.05, 0.1) is 11.1 Å². The van der Waals surface area contributed by atoms with Gasteiger partial charge in [0.2, 0.25) is 12.4 Å². The first-order valence-electron chi connectivity index (χ1n) is 5.23. The minimum absolute atomic E-state index is 0. The molecule has 1 aliphatic heterocycles. The Morgan fingerprint density at radius 3 is 1.78 bits per heavy atom. The van der Waals surface area contributed by atoms with Crippen LogP contribution in [0.3, 0.4) is 0 Å². The SMILES string of the molecule is O=C1c2ccccc2C(=O)N1[n+]1ccccc1.[Br-]. The highest BCUT2D eigenvalue weighted by atomic mass is 79.9. The van der Waals surface area contributed by atoms with Crippen LogP contribution >= 0.6 is 0 Å². The van der Waals surface area contributed by atoms with Crippen LogP contribution in [0.25, 0.3) is 0 Å². The quantitative estimate of drug-likeness (QED) is 0.448. The lowest BCUT2D eigenvalue weighted by Gasteiger charge is -2.04. The third-order valence-corrected chi connectivity index (χ3v) is 2.70. The minimum atomic E-state index is -0.290. The highest BCUT2D eigenvalue weighted by Gasteiger charge is 2.41. The lowest BCUT2D eigenvalue weighted by Crippen LogP contribution is -3.00. The second kappa shape index (κ2) is 4.70. The first-order valence-corrected chi connectivity index (χ1v) is 5.23. The van der Waals surface area contributed by atoms with E-state index in [4.69, 9.17) is 0 Å². The Kier molecular flexibility index (Phi) is 3.25. The van der Waals surface area contributed by atoms with Gasteiger partial charge in [-0.15, -0.1) is 0 Å². The van der Waals surface area contributed by atoms with Gasteiger partial charge in [-0.1, -0.05) is 22.9 Å². The van der Waals surface area contributed by atoms with Crippen molar-refractivity contribution < 1.29 is 31.2 Å². The predicted octanol–water partition coefficient (Wildman–Crippen LogP) is -2.09. The van der Waals surface area contributed by atoms with Crippen molar-refractivity contribution in [1.82, 2.24) is 0 Å². The van der Waals surface area contributed by atoms with Crippen LogP contribution in [0.5, 0.6) is 0 Å². The Morgan fingerprint density at radius 2 is 1.28 bits per heavy atom. The number of carbonyl (C=O) groups excluding carboxylic acids is 2. The summed E-state index contributed by atoms with van der Waals surface area (Å²) in [5.74, 6) is -0.580. The largest absolute Gasteiger partial charge is 1.00 e. The molecule has 2 aromatic rings. The number of hydrogen-bond acceptors (Lipinski definition) is 2. The number of carbonyl (C=O) groups is 2. The van der Waals surface area contributed by atoms with E-state index in [0.29, 0.717) is 11.1 Å². The number of aromatic nitrogens is 1. The third kappa shape index (κ3) is 1.73. The van der Waals surface area contributed by atoms with Gasteiger partial charge < -0.3 is 17.0 Å². The number of pyridine rings is 1. The van der Waals surface area contributed by atoms with Crippen molar-refractivity contribution in [2.24, 2.45) is 0 Å². The van der Waals surface area contributed by atoms with E-state index in [9.17, 15) is 9.59 Å². The molecule has 3 rings (SSSR count). The van der Waals surface area contributed by atoms with E-state index in [1.165, 1.54) is 4.68 Å². The molecule has 0 saturated heterocycles. The maximum absolute atomic E-state index is 12.1. The molecule has 2 amide bonds. The van der Waals surface area contributed by atoms with Gasteiger partial charge in [0, 0.05) is 12.1 Å². The summed E-state index contributed by atoms with van der Waals surface area (Å²) in [5.41, 5.74) is 0.905. The monoisotopic (exact) mass is 304 g/mol. The van der Waals surface area contributed by atoms with Crippen LogP contribution in [0.4, 0.5) is 0 Å². The average molecular weight is 305 g/mol. The van der Waals surface area contributed by atoms with E-state index in [0.717, 1.165) is 5.01 Å². The summed E-state index contributed by atoms with van der Waals surface area (Å²) in [5, 5.41) is 1.13. The standard InChI is InChI=1S/C13H9N2O2.BrH/c16-12-10-6-2-3-7-11(10)13(17)15(12)14-8-4-1-5-9-14;/h1-9H;1H/q+1;/p-1. The first kappa shape index (κ1) is 12.4. The molecule has 0 N–H and O–H groups in total. The molecule has 1 aliphatic rings. The molecule has 2 heterocycles. The van der Waals surface area contributed by atoms with Crippen LogP contribution in [0.15, 0.2) is 54.9 Å². The number of halogens is 1. The number of benzene rings is 1. The first-order chi connectivity index (χ1) is 8.29. The molecule has 0 saturated carbocycles. The molecule has 90 valence electrons. The molecule has 0 radical (unpaired) electrons. The molecule has 0 spiro atoms. The second-order valence-corrected chi connectivity index (χ2v) is 3.72. The van der Waals surface area contributed by atoms with Gasteiger partial charge in [-0.3, -0.25) is 9.59 Å². The van der Waals surface area contributed by atoms with Gasteiger partial charge in [0.15, 0.2) is 0 Å². The molecule has 4 nitrogen and oxygen atoms in total. The summed E-state index contributed by atoms with van der Waals surface area (Å²) in [6, 6.07) is 12.2. The van der Waals surface area contributed by atoms with Crippen molar-refractivity contribution in [2.45, 2.75) is 0 Å². The number of amides is 2. The fraction of sp³-hybridized carbons (Fsp3) is 0. The number of nitrogens with zero attached hydrogens (tertiary/aromatic N) is 2. The molecular weight excluding hydrogens is 296 g/mol. The third-order valence-electron chi connectivity index (χ3n) is 2.70. The zero-order valence-electron chi connectivity index (χ0n) is 9.29. The topological polar surface area (TPSA) is 41.3 Å². The highest BCUT2D eigenvalue weighted by molar-refractivity contribution is 6.29. The fourth-order valence-electron chi connectivity index (χ4n) is 1.91. The normalized spacial score (nSPS) is 13.2. The molecule has 0 bridgehead atoms. The van der Waals surface area contributed by atoms with Crippen LogP contribution in [-0.2, 0) is 0 Å². The summed E-state index contributed by atoms with van der Waals surface area (Å²) in [7, 11) is 0. The lowest BCUT2D eigenvalue weighted by molar-refractivity contribution is -0.671. The smallest absolute Gasteiger partial charge is 0.319 e. The summed E-state index contributed by atoms with van der Waals surface area (Å²) in [4.78, 5) is 24.2. The molecular formula is C13H9BrN2O2. The molecule has 5 heteroatoms. The maximum Gasteiger partial charge on any atom is 0.319 e.